The lowest BCUT2D eigenvalue weighted by molar-refractivity contribution is 0.0600. The summed E-state index contributed by atoms with van der Waals surface area (Å²) in [6.07, 6.45) is 0. The van der Waals surface area contributed by atoms with E-state index in [0.29, 0.717) is 16.5 Å². The number of alkyl halides is 1. The molecule has 3 nitrogen and oxygen atoms in total. The molecule has 0 aliphatic rings. The molecule has 72 valence electrons. The van der Waals surface area contributed by atoms with E-state index in [9.17, 15) is 4.79 Å². The Bertz CT molecular complexity index is 396. The van der Waals surface area contributed by atoms with Gasteiger partial charge in [0.2, 0.25) is 0 Å². The summed E-state index contributed by atoms with van der Waals surface area (Å²) in [4.78, 5) is 11.2. The molecule has 0 spiro atoms. The Hall–Kier alpha value is -1.34. The fourth-order valence-corrected chi connectivity index (χ4v) is 1.52. The van der Waals surface area contributed by atoms with Crippen LogP contribution in [0.5, 0.6) is 0 Å². The highest BCUT2D eigenvalue weighted by atomic mass is 79.9. The van der Waals surface area contributed by atoms with Crippen molar-refractivity contribution < 1.29 is 9.53 Å². The molecule has 0 heterocycles. The Balaban J connectivity index is 3.15. The number of ether oxygens (including phenoxy) is 1. The van der Waals surface area contributed by atoms with Gasteiger partial charge in [-0.05, 0) is 23.8 Å². The van der Waals surface area contributed by atoms with Crippen molar-refractivity contribution in [3.8, 4) is 6.07 Å². The molecule has 1 aromatic carbocycles. The first-order valence-corrected chi connectivity index (χ1v) is 5.02. The van der Waals surface area contributed by atoms with Gasteiger partial charge in [-0.15, -0.1) is 0 Å². The van der Waals surface area contributed by atoms with Crippen molar-refractivity contribution >= 4 is 21.9 Å². The fraction of sp³-hybridized carbons (Fsp3) is 0.200. The van der Waals surface area contributed by atoms with Gasteiger partial charge in [0.15, 0.2) is 0 Å². The lowest BCUT2D eigenvalue weighted by Crippen LogP contribution is -2.02. The second-order valence-electron chi connectivity index (χ2n) is 2.61. The number of nitriles is 1. The second kappa shape index (κ2) is 4.77. The third kappa shape index (κ3) is 2.12. The summed E-state index contributed by atoms with van der Waals surface area (Å²) >= 11 is 3.25. The van der Waals surface area contributed by atoms with Crippen LogP contribution in [0.1, 0.15) is 21.5 Å². The third-order valence-electron chi connectivity index (χ3n) is 1.79. The normalized spacial score (nSPS) is 9.21. The Labute approximate surface area is 90.4 Å². The summed E-state index contributed by atoms with van der Waals surface area (Å²) < 4.78 is 4.57. The van der Waals surface area contributed by atoms with Crippen molar-refractivity contribution in [1.29, 1.82) is 5.26 Å². The number of hydrogen-bond donors (Lipinski definition) is 0. The number of nitrogens with zero attached hydrogens (tertiary/aromatic N) is 1. The minimum Gasteiger partial charge on any atom is -0.465 e. The molecule has 0 amide bonds. The van der Waals surface area contributed by atoms with Crippen LogP contribution in [0, 0.1) is 11.3 Å². The van der Waals surface area contributed by atoms with E-state index in [4.69, 9.17) is 5.26 Å². The van der Waals surface area contributed by atoms with Crippen molar-refractivity contribution in [3.63, 3.8) is 0 Å². The van der Waals surface area contributed by atoms with E-state index in [1.165, 1.54) is 7.11 Å². The number of halogens is 1. The number of rotatable bonds is 2. The summed E-state index contributed by atoms with van der Waals surface area (Å²) in [6, 6.07) is 6.89. The molecular formula is C10H8BrNO2. The molecule has 0 fully saturated rings. The molecule has 0 saturated heterocycles. The Morgan fingerprint density at radius 3 is 2.86 bits per heavy atom. The standard InChI is InChI=1S/C10H8BrNO2/c1-14-10(13)7-2-3-8(6-12)9(4-7)5-11/h2-4H,5H2,1H3. The number of carbonyl (C=O) groups excluding carboxylic acids is 1. The lowest BCUT2D eigenvalue weighted by Gasteiger charge is -2.02. The van der Waals surface area contributed by atoms with Crippen LogP contribution in [0.2, 0.25) is 0 Å². The average molecular weight is 254 g/mol. The zero-order chi connectivity index (χ0) is 10.6. The van der Waals surface area contributed by atoms with Crippen LogP contribution in [0.3, 0.4) is 0 Å². The van der Waals surface area contributed by atoms with Crippen LogP contribution >= 0.6 is 15.9 Å². The van der Waals surface area contributed by atoms with E-state index in [1.807, 2.05) is 6.07 Å². The van der Waals surface area contributed by atoms with Crippen LogP contribution in [0.15, 0.2) is 18.2 Å². The molecule has 4 heteroatoms. The second-order valence-corrected chi connectivity index (χ2v) is 3.17. The van der Waals surface area contributed by atoms with E-state index in [0.717, 1.165) is 5.56 Å². The number of benzene rings is 1. The van der Waals surface area contributed by atoms with Gasteiger partial charge in [0.1, 0.15) is 0 Å². The molecule has 1 rings (SSSR count). The van der Waals surface area contributed by atoms with Crippen molar-refractivity contribution in [2.24, 2.45) is 0 Å². The number of esters is 1. The first-order chi connectivity index (χ1) is 6.72. The van der Waals surface area contributed by atoms with Crippen LogP contribution in [0.25, 0.3) is 0 Å². The molecule has 14 heavy (non-hydrogen) atoms. The maximum absolute atomic E-state index is 11.2. The Morgan fingerprint density at radius 2 is 2.36 bits per heavy atom. The summed E-state index contributed by atoms with van der Waals surface area (Å²) in [5.74, 6) is -0.392. The van der Waals surface area contributed by atoms with Gasteiger partial charge in [0.25, 0.3) is 0 Å². The number of carbonyl (C=O) groups is 1. The van der Waals surface area contributed by atoms with Gasteiger partial charge in [0.05, 0.1) is 24.3 Å². The molecule has 0 radical (unpaired) electrons. The van der Waals surface area contributed by atoms with Gasteiger partial charge in [0, 0.05) is 5.33 Å². The summed E-state index contributed by atoms with van der Waals surface area (Å²) in [7, 11) is 1.33. The predicted molar refractivity (Wildman–Crippen MR) is 55.1 cm³/mol. The van der Waals surface area contributed by atoms with Crippen LogP contribution in [0.4, 0.5) is 0 Å². The molecule has 0 saturated carbocycles. The van der Waals surface area contributed by atoms with Gasteiger partial charge in [-0.25, -0.2) is 4.79 Å². The highest BCUT2D eigenvalue weighted by Gasteiger charge is 2.08. The van der Waals surface area contributed by atoms with Gasteiger partial charge in [-0.2, -0.15) is 5.26 Å². The van der Waals surface area contributed by atoms with Crippen molar-refractivity contribution in [2.45, 2.75) is 5.33 Å². The third-order valence-corrected chi connectivity index (χ3v) is 2.39. The van der Waals surface area contributed by atoms with E-state index in [-0.39, 0.29) is 0 Å². The summed E-state index contributed by atoms with van der Waals surface area (Å²) in [6.45, 7) is 0. The molecule has 0 aliphatic carbocycles. The van der Waals surface area contributed by atoms with Crippen LogP contribution in [-0.2, 0) is 10.1 Å². The minimum atomic E-state index is -0.392. The molecule has 0 aliphatic heterocycles. The highest BCUT2D eigenvalue weighted by molar-refractivity contribution is 9.08. The van der Waals surface area contributed by atoms with Crippen LogP contribution in [-0.4, -0.2) is 13.1 Å². The van der Waals surface area contributed by atoms with Crippen molar-refractivity contribution in [1.82, 2.24) is 0 Å². The molecule has 0 unspecified atom stereocenters. The number of methoxy groups -OCH3 is 1. The van der Waals surface area contributed by atoms with Gasteiger partial charge in [-0.3, -0.25) is 0 Å². The minimum absolute atomic E-state index is 0.392. The van der Waals surface area contributed by atoms with Gasteiger partial charge < -0.3 is 4.74 Å². The Kier molecular flexibility index (Phi) is 3.66. The molecule has 1 aromatic rings. The molecule has 0 atom stereocenters. The molecule has 0 N–H and O–H groups in total. The SMILES string of the molecule is COC(=O)c1ccc(C#N)c(CBr)c1. The first kappa shape index (κ1) is 10.7. The average Bonchev–Trinajstić information content (AvgIpc) is 2.26. The topological polar surface area (TPSA) is 50.1 Å². The summed E-state index contributed by atoms with van der Waals surface area (Å²) in [5.41, 5.74) is 1.81. The zero-order valence-electron chi connectivity index (χ0n) is 7.58. The summed E-state index contributed by atoms with van der Waals surface area (Å²) in [5, 5.41) is 9.29. The maximum atomic E-state index is 11.2. The first-order valence-electron chi connectivity index (χ1n) is 3.90. The highest BCUT2D eigenvalue weighted by Crippen LogP contribution is 2.15. The molecule has 0 bridgehead atoms. The van der Waals surface area contributed by atoms with E-state index in [2.05, 4.69) is 20.7 Å². The monoisotopic (exact) mass is 253 g/mol. The smallest absolute Gasteiger partial charge is 0.337 e. The van der Waals surface area contributed by atoms with Crippen molar-refractivity contribution in [3.05, 3.63) is 34.9 Å². The van der Waals surface area contributed by atoms with E-state index < -0.39 is 5.97 Å². The van der Waals surface area contributed by atoms with Crippen molar-refractivity contribution in [2.75, 3.05) is 7.11 Å². The van der Waals surface area contributed by atoms with E-state index >= 15 is 0 Å². The maximum Gasteiger partial charge on any atom is 0.337 e. The molecular weight excluding hydrogens is 246 g/mol. The quantitative estimate of drug-likeness (QED) is 0.600. The number of hydrogen-bond acceptors (Lipinski definition) is 3. The van der Waals surface area contributed by atoms with Crippen LogP contribution < -0.4 is 0 Å². The molecule has 0 aromatic heterocycles. The lowest BCUT2D eigenvalue weighted by atomic mass is 10.1. The largest absolute Gasteiger partial charge is 0.465 e. The van der Waals surface area contributed by atoms with E-state index in [1.54, 1.807) is 18.2 Å². The van der Waals surface area contributed by atoms with Gasteiger partial charge >= 0.3 is 5.97 Å². The predicted octanol–water partition coefficient (Wildman–Crippen LogP) is 2.24. The zero-order valence-corrected chi connectivity index (χ0v) is 9.17. The fourth-order valence-electron chi connectivity index (χ4n) is 1.06. The Morgan fingerprint density at radius 1 is 1.64 bits per heavy atom. The van der Waals surface area contributed by atoms with Gasteiger partial charge in [-0.1, -0.05) is 15.9 Å².